The summed E-state index contributed by atoms with van der Waals surface area (Å²) in [5, 5.41) is 0.430. The Morgan fingerprint density at radius 2 is 1.83 bits per heavy atom. The molecule has 94 valence electrons. The molecule has 18 heavy (non-hydrogen) atoms. The molecule has 1 aromatic heterocycles. The minimum Gasteiger partial charge on any atom is -0.374 e. The highest BCUT2D eigenvalue weighted by atomic mass is 35.5. The van der Waals surface area contributed by atoms with Gasteiger partial charge in [-0.2, -0.15) is 0 Å². The van der Waals surface area contributed by atoms with Crippen molar-refractivity contribution in [1.82, 2.24) is 9.97 Å². The van der Waals surface area contributed by atoms with Crippen molar-refractivity contribution >= 4 is 11.6 Å². The SMILES string of the molecule is CO[C@H](C)c1nc(Cl)cc(-c2ccc(C)cc2)n1. The van der Waals surface area contributed by atoms with E-state index in [0.29, 0.717) is 11.0 Å². The Hall–Kier alpha value is -1.45. The van der Waals surface area contributed by atoms with E-state index in [1.165, 1.54) is 5.56 Å². The van der Waals surface area contributed by atoms with Crippen LogP contribution in [0.5, 0.6) is 0 Å². The Morgan fingerprint density at radius 1 is 1.17 bits per heavy atom. The zero-order chi connectivity index (χ0) is 13.1. The van der Waals surface area contributed by atoms with Crippen LogP contribution in [0.2, 0.25) is 5.15 Å². The highest BCUT2D eigenvalue weighted by Gasteiger charge is 2.11. The van der Waals surface area contributed by atoms with Gasteiger partial charge in [0.15, 0.2) is 5.82 Å². The maximum atomic E-state index is 6.03. The average Bonchev–Trinajstić information content (AvgIpc) is 2.38. The first-order valence-electron chi connectivity index (χ1n) is 5.74. The molecular weight excluding hydrogens is 248 g/mol. The highest BCUT2D eigenvalue weighted by Crippen LogP contribution is 2.23. The summed E-state index contributed by atoms with van der Waals surface area (Å²) >= 11 is 6.03. The Bertz CT molecular complexity index is 540. The van der Waals surface area contributed by atoms with Crippen molar-refractivity contribution in [2.45, 2.75) is 20.0 Å². The third kappa shape index (κ3) is 2.86. The minimum atomic E-state index is -0.173. The van der Waals surface area contributed by atoms with Crippen molar-refractivity contribution in [1.29, 1.82) is 0 Å². The number of nitrogens with zero attached hydrogens (tertiary/aromatic N) is 2. The molecule has 1 heterocycles. The normalized spacial score (nSPS) is 12.4. The Balaban J connectivity index is 2.44. The van der Waals surface area contributed by atoms with Crippen LogP contribution in [0.1, 0.15) is 24.4 Å². The van der Waals surface area contributed by atoms with Crippen LogP contribution in [0.25, 0.3) is 11.3 Å². The number of halogens is 1. The van der Waals surface area contributed by atoms with E-state index in [1.807, 2.05) is 31.2 Å². The molecule has 0 fully saturated rings. The van der Waals surface area contributed by atoms with Gasteiger partial charge < -0.3 is 4.74 Å². The fourth-order valence-electron chi connectivity index (χ4n) is 1.59. The molecule has 0 saturated carbocycles. The number of hydrogen-bond acceptors (Lipinski definition) is 3. The fraction of sp³-hybridized carbons (Fsp3) is 0.286. The van der Waals surface area contributed by atoms with Crippen LogP contribution in [0.15, 0.2) is 30.3 Å². The minimum absolute atomic E-state index is 0.173. The molecule has 0 aliphatic carbocycles. The molecule has 0 bridgehead atoms. The second kappa shape index (κ2) is 5.46. The molecule has 0 saturated heterocycles. The quantitative estimate of drug-likeness (QED) is 0.789. The molecule has 0 aliphatic rings. The summed E-state index contributed by atoms with van der Waals surface area (Å²) in [4.78, 5) is 8.66. The van der Waals surface area contributed by atoms with Crippen LogP contribution >= 0.6 is 11.6 Å². The standard InChI is InChI=1S/C14H15ClN2O/c1-9-4-6-11(7-5-9)12-8-13(15)17-14(16-12)10(2)18-3/h4-8,10H,1-3H3/t10-/m1/s1. The number of benzene rings is 1. The van der Waals surface area contributed by atoms with Gasteiger partial charge in [0.2, 0.25) is 0 Å². The van der Waals surface area contributed by atoms with Gasteiger partial charge in [0.05, 0.1) is 5.69 Å². The van der Waals surface area contributed by atoms with Crippen LogP contribution in [-0.2, 0) is 4.74 Å². The maximum absolute atomic E-state index is 6.03. The van der Waals surface area contributed by atoms with Crippen molar-refractivity contribution in [3.05, 3.63) is 46.9 Å². The van der Waals surface area contributed by atoms with Crippen LogP contribution in [0.3, 0.4) is 0 Å². The van der Waals surface area contributed by atoms with Gasteiger partial charge in [-0.25, -0.2) is 9.97 Å². The number of aryl methyl sites for hydroxylation is 1. The van der Waals surface area contributed by atoms with E-state index in [-0.39, 0.29) is 6.10 Å². The molecular formula is C14H15ClN2O. The molecule has 0 N–H and O–H groups in total. The predicted octanol–water partition coefficient (Wildman–Crippen LogP) is 3.81. The van der Waals surface area contributed by atoms with Crippen molar-refractivity contribution < 1.29 is 4.74 Å². The number of ether oxygens (including phenoxy) is 1. The first kappa shape index (κ1) is 13.0. The zero-order valence-electron chi connectivity index (χ0n) is 10.6. The van der Waals surface area contributed by atoms with E-state index in [0.717, 1.165) is 11.3 Å². The Labute approximate surface area is 112 Å². The molecule has 1 aromatic carbocycles. The first-order valence-corrected chi connectivity index (χ1v) is 6.12. The lowest BCUT2D eigenvalue weighted by molar-refractivity contribution is 0.112. The van der Waals surface area contributed by atoms with Gasteiger partial charge in [-0.3, -0.25) is 0 Å². The topological polar surface area (TPSA) is 35.0 Å². The molecule has 2 aromatic rings. The van der Waals surface area contributed by atoms with Gasteiger partial charge in [-0.15, -0.1) is 0 Å². The van der Waals surface area contributed by atoms with Gasteiger partial charge in [-0.05, 0) is 13.8 Å². The Kier molecular flexibility index (Phi) is 3.94. The highest BCUT2D eigenvalue weighted by molar-refractivity contribution is 6.29. The van der Waals surface area contributed by atoms with E-state index in [9.17, 15) is 0 Å². The van der Waals surface area contributed by atoms with E-state index >= 15 is 0 Å². The number of hydrogen-bond donors (Lipinski definition) is 0. The van der Waals surface area contributed by atoms with Crippen LogP contribution in [0.4, 0.5) is 0 Å². The lowest BCUT2D eigenvalue weighted by Crippen LogP contribution is -2.04. The largest absolute Gasteiger partial charge is 0.374 e. The zero-order valence-corrected chi connectivity index (χ0v) is 11.4. The summed E-state index contributed by atoms with van der Waals surface area (Å²) in [5.74, 6) is 0.598. The molecule has 0 aliphatic heterocycles. The van der Waals surface area contributed by atoms with E-state index in [4.69, 9.17) is 16.3 Å². The molecule has 3 nitrogen and oxygen atoms in total. The molecule has 0 amide bonds. The first-order chi connectivity index (χ1) is 8.60. The monoisotopic (exact) mass is 262 g/mol. The number of rotatable bonds is 3. The summed E-state index contributed by atoms with van der Waals surface area (Å²) in [7, 11) is 1.63. The lowest BCUT2D eigenvalue weighted by Gasteiger charge is -2.10. The van der Waals surface area contributed by atoms with Crippen molar-refractivity contribution in [3.63, 3.8) is 0 Å². The van der Waals surface area contributed by atoms with Gasteiger partial charge in [0.25, 0.3) is 0 Å². The summed E-state index contributed by atoms with van der Waals surface area (Å²) in [6.45, 7) is 3.94. The number of methoxy groups -OCH3 is 1. The van der Waals surface area contributed by atoms with Gasteiger partial charge in [0.1, 0.15) is 11.3 Å². The molecule has 2 rings (SSSR count). The maximum Gasteiger partial charge on any atom is 0.159 e. The third-order valence-electron chi connectivity index (χ3n) is 2.78. The van der Waals surface area contributed by atoms with Gasteiger partial charge in [-0.1, -0.05) is 41.4 Å². The molecule has 0 radical (unpaired) electrons. The smallest absolute Gasteiger partial charge is 0.159 e. The third-order valence-corrected chi connectivity index (χ3v) is 2.97. The fourth-order valence-corrected chi connectivity index (χ4v) is 1.78. The van der Waals surface area contributed by atoms with Crippen molar-refractivity contribution in [2.24, 2.45) is 0 Å². The number of aromatic nitrogens is 2. The predicted molar refractivity (Wildman–Crippen MR) is 72.6 cm³/mol. The van der Waals surface area contributed by atoms with Crippen molar-refractivity contribution in [3.8, 4) is 11.3 Å². The summed E-state index contributed by atoms with van der Waals surface area (Å²) < 4.78 is 5.22. The van der Waals surface area contributed by atoms with Gasteiger partial charge >= 0.3 is 0 Å². The molecule has 0 spiro atoms. The van der Waals surface area contributed by atoms with E-state index < -0.39 is 0 Å². The molecule has 0 unspecified atom stereocenters. The average molecular weight is 263 g/mol. The summed E-state index contributed by atoms with van der Waals surface area (Å²) in [6, 6.07) is 9.90. The summed E-state index contributed by atoms with van der Waals surface area (Å²) in [6.07, 6.45) is -0.173. The van der Waals surface area contributed by atoms with E-state index in [1.54, 1.807) is 13.2 Å². The van der Waals surface area contributed by atoms with E-state index in [2.05, 4.69) is 16.9 Å². The Morgan fingerprint density at radius 3 is 2.44 bits per heavy atom. The van der Waals surface area contributed by atoms with Crippen molar-refractivity contribution in [2.75, 3.05) is 7.11 Å². The second-order valence-corrected chi connectivity index (χ2v) is 4.57. The second-order valence-electron chi connectivity index (χ2n) is 4.18. The summed E-state index contributed by atoms with van der Waals surface area (Å²) in [5.41, 5.74) is 3.05. The lowest BCUT2D eigenvalue weighted by atomic mass is 10.1. The van der Waals surface area contributed by atoms with Gasteiger partial charge in [0, 0.05) is 18.7 Å². The molecule has 4 heteroatoms. The molecule has 1 atom stereocenters. The van der Waals surface area contributed by atoms with Crippen LogP contribution < -0.4 is 0 Å². The van der Waals surface area contributed by atoms with Crippen LogP contribution in [-0.4, -0.2) is 17.1 Å². The van der Waals surface area contributed by atoms with Crippen LogP contribution in [0, 0.1) is 6.92 Å².